The number of rotatable bonds is 37. The third kappa shape index (κ3) is 35.9. The third-order valence-corrected chi connectivity index (χ3v) is 9.75. The molecular weight excluding hydrogens is 568 g/mol. The van der Waals surface area contributed by atoms with Crippen molar-refractivity contribution in [3.63, 3.8) is 0 Å². The van der Waals surface area contributed by atoms with Crippen LogP contribution in [0.4, 0.5) is 0 Å². The zero-order chi connectivity index (χ0) is 32.2. The van der Waals surface area contributed by atoms with E-state index >= 15 is 0 Å². The molecule has 0 aliphatic carbocycles. The molecule has 0 aliphatic heterocycles. The first kappa shape index (κ1) is 43.4. The first-order valence-electron chi connectivity index (χ1n) is 19.6. The molecule has 264 valence electrons. The van der Waals surface area contributed by atoms with E-state index in [9.17, 15) is 13.2 Å². The molecule has 44 heavy (non-hydrogen) atoms. The SMILES string of the molecule is CCCCCCCCCCCCCCCCCCCCCCCCCCCCCC(=O)OS(=O)(=O)OCCCCCCCC. The van der Waals surface area contributed by atoms with E-state index in [4.69, 9.17) is 4.18 Å². The Morgan fingerprint density at radius 2 is 0.636 bits per heavy atom. The van der Waals surface area contributed by atoms with Crippen LogP contribution in [0.2, 0.25) is 0 Å². The first-order chi connectivity index (χ1) is 21.5. The van der Waals surface area contributed by atoms with Gasteiger partial charge in [-0.05, 0) is 12.8 Å². The molecule has 0 atom stereocenters. The zero-order valence-electron chi connectivity index (χ0n) is 29.7. The van der Waals surface area contributed by atoms with E-state index < -0.39 is 16.4 Å². The van der Waals surface area contributed by atoms with Crippen molar-refractivity contribution in [2.45, 2.75) is 232 Å². The summed E-state index contributed by atoms with van der Waals surface area (Å²) in [7, 11) is -4.21. The van der Waals surface area contributed by atoms with Crippen molar-refractivity contribution in [1.29, 1.82) is 0 Å². The predicted octanol–water partition coefficient (Wildman–Crippen LogP) is 13.1. The van der Waals surface area contributed by atoms with Gasteiger partial charge in [0.15, 0.2) is 0 Å². The molecule has 0 unspecified atom stereocenters. The minimum Gasteiger partial charge on any atom is -0.325 e. The van der Waals surface area contributed by atoms with Crippen LogP contribution in [0, 0.1) is 0 Å². The Balaban J connectivity index is 3.27. The summed E-state index contributed by atoms with van der Waals surface area (Å²) in [6.45, 7) is 4.54. The molecule has 0 heterocycles. The normalized spacial score (nSPS) is 11.8. The summed E-state index contributed by atoms with van der Waals surface area (Å²) in [5, 5.41) is 0. The van der Waals surface area contributed by atoms with E-state index in [1.165, 1.54) is 167 Å². The molecule has 0 radical (unpaired) electrons. The lowest BCUT2D eigenvalue weighted by Gasteiger charge is -2.06. The maximum Gasteiger partial charge on any atom is 0.451 e. The maximum atomic E-state index is 11.8. The largest absolute Gasteiger partial charge is 0.451 e. The first-order valence-corrected chi connectivity index (χ1v) is 21.0. The number of hydrogen-bond acceptors (Lipinski definition) is 5. The van der Waals surface area contributed by atoms with Crippen LogP contribution in [0.15, 0.2) is 0 Å². The van der Waals surface area contributed by atoms with Crippen LogP contribution in [0.5, 0.6) is 0 Å². The summed E-state index contributed by atoms with van der Waals surface area (Å²) < 4.78 is 32.9. The summed E-state index contributed by atoms with van der Waals surface area (Å²) in [5.74, 6) is -0.701. The lowest BCUT2D eigenvalue weighted by Crippen LogP contribution is -2.16. The van der Waals surface area contributed by atoms with Gasteiger partial charge in [-0.1, -0.05) is 213 Å². The average molecular weight is 645 g/mol. The monoisotopic (exact) mass is 645 g/mol. The van der Waals surface area contributed by atoms with Crippen LogP contribution in [0.25, 0.3) is 0 Å². The minimum absolute atomic E-state index is 0.0846. The Labute approximate surface area is 276 Å². The van der Waals surface area contributed by atoms with Crippen LogP contribution in [-0.4, -0.2) is 21.0 Å². The van der Waals surface area contributed by atoms with E-state index in [2.05, 4.69) is 18.0 Å². The molecule has 0 amide bonds. The van der Waals surface area contributed by atoms with Gasteiger partial charge in [0.1, 0.15) is 0 Å². The fourth-order valence-electron chi connectivity index (χ4n) is 5.98. The van der Waals surface area contributed by atoms with Gasteiger partial charge in [-0.2, -0.15) is 8.42 Å². The highest BCUT2D eigenvalue weighted by Crippen LogP contribution is 2.16. The van der Waals surface area contributed by atoms with Gasteiger partial charge in [-0.25, -0.2) is 4.18 Å². The molecule has 0 bridgehead atoms. The Morgan fingerprint density at radius 1 is 0.386 bits per heavy atom. The summed E-state index contributed by atoms with van der Waals surface area (Å²) in [6, 6.07) is 0. The van der Waals surface area contributed by atoms with Crippen LogP contribution in [0.3, 0.4) is 0 Å². The lowest BCUT2D eigenvalue weighted by atomic mass is 10.0. The standard InChI is InChI=1S/C38H76O5S/c1-3-5-7-9-11-12-13-14-15-16-17-18-19-20-21-22-23-24-25-26-27-28-29-30-31-32-34-36-38(39)43-44(40,41)42-37-35-33-10-8-6-4-2/h3-37H2,1-2H3. The Kier molecular flexibility index (Phi) is 34.7. The molecule has 0 aliphatic rings. The van der Waals surface area contributed by atoms with Crippen molar-refractivity contribution in [3.8, 4) is 0 Å². The van der Waals surface area contributed by atoms with Crippen molar-refractivity contribution in [2.75, 3.05) is 6.61 Å². The average Bonchev–Trinajstić information content (AvgIpc) is 3.00. The molecule has 0 N–H and O–H groups in total. The second-order valence-corrected chi connectivity index (χ2v) is 14.6. The molecule has 0 saturated heterocycles. The van der Waals surface area contributed by atoms with Gasteiger partial charge in [0.2, 0.25) is 0 Å². The molecule has 5 nitrogen and oxygen atoms in total. The Bertz CT molecular complexity index is 679. The Hall–Kier alpha value is -0.620. The van der Waals surface area contributed by atoms with E-state index in [1.807, 2.05) is 0 Å². The van der Waals surface area contributed by atoms with Crippen molar-refractivity contribution in [3.05, 3.63) is 0 Å². The van der Waals surface area contributed by atoms with Crippen molar-refractivity contribution in [2.24, 2.45) is 0 Å². The van der Waals surface area contributed by atoms with Crippen molar-refractivity contribution in [1.82, 2.24) is 0 Å². The second kappa shape index (κ2) is 35.2. The molecule has 0 fully saturated rings. The van der Waals surface area contributed by atoms with Gasteiger partial charge in [0.05, 0.1) is 6.61 Å². The summed E-state index contributed by atoms with van der Waals surface area (Å²) >= 11 is 0. The van der Waals surface area contributed by atoms with Crippen LogP contribution in [-0.2, 0) is 23.6 Å². The maximum absolute atomic E-state index is 11.8. The number of hydrogen-bond donors (Lipinski definition) is 0. The van der Waals surface area contributed by atoms with Gasteiger partial charge in [-0.3, -0.25) is 4.79 Å². The van der Waals surface area contributed by atoms with Gasteiger partial charge >= 0.3 is 16.4 Å². The van der Waals surface area contributed by atoms with Crippen LogP contribution in [0.1, 0.15) is 232 Å². The molecule has 0 saturated carbocycles. The van der Waals surface area contributed by atoms with E-state index in [-0.39, 0.29) is 13.0 Å². The summed E-state index contributed by atoms with van der Waals surface area (Å²) in [4.78, 5) is 11.8. The summed E-state index contributed by atoms with van der Waals surface area (Å²) in [6.07, 6.45) is 42.7. The fraction of sp³-hybridized carbons (Fsp3) is 0.974. The van der Waals surface area contributed by atoms with E-state index in [0.717, 1.165) is 32.1 Å². The molecule has 0 spiro atoms. The fourth-order valence-corrected chi connectivity index (χ4v) is 6.67. The number of unbranched alkanes of at least 4 members (excludes halogenated alkanes) is 31. The highest BCUT2D eigenvalue weighted by Gasteiger charge is 2.17. The van der Waals surface area contributed by atoms with Gasteiger partial charge in [-0.15, -0.1) is 0 Å². The molecule has 0 aromatic carbocycles. The van der Waals surface area contributed by atoms with E-state index in [0.29, 0.717) is 12.8 Å². The van der Waals surface area contributed by atoms with Crippen molar-refractivity contribution < 1.29 is 21.6 Å². The molecule has 6 heteroatoms. The van der Waals surface area contributed by atoms with Gasteiger partial charge in [0.25, 0.3) is 0 Å². The lowest BCUT2D eigenvalue weighted by molar-refractivity contribution is -0.134. The second-order valence-electron chi connectivity index (χ2n) is 13.4. The summed E-state index contributed by atoms with van der Waals surface area (Å²) in [5.41, 5.74) is 0. The number of carbonyl (C=O) groups excluding carboxylic acids is 1. The van der Waals surface area contributed by atoms with Gasteiger partial charge in [0, 0.05) is 6.42 Å². The highest BCUT2D eigenvalue weighted by molar-refractivity contribution is 7.82. The molecule has 0 aromatic heterocycles. The smallest absolute Gasteiger partial charge is 0.325 e. The van der Waals surface area contributed by atoms with E-state index in [1.54, 1.807) is 0 Å². The Morgan fingerprint density at radius 3 is 0.932 bits per heavy atom. The third-order valence-electron chi connectivity index (χ3n) is 8.91. The van der Waals surface area contributed by atoms with Crippen molar-refractivity contribution >= 4 is 16.4 Å². The number of carbonyl (C=O) groups is 1. The topological polar surface area (TPSA) is 69.7 Å². The molecule has 0 aromatic rings. The van der Waals surface area contributed by atoms with Gasteiger partial charge < -0.3 is 4.18 Å². The zero-order valence-corrected chi connectivity index (χ0v) is 30.5. The van der Waals surface area contributed by atoms with Crippen LogP contribution >= 0.6 is 0 Å². The molecule has 0 rings (SSSR count). The minimum atomic E-state index is -4.21. The molecular formula is C38H76O5S. The van der Waals surface area contributed by atoms with Crippen LogP contribution < -0.4 is 0 Å². The highest BCUT2D eigenvalue weighted by atomic mass is 32.3. The quantitative estimate of drug-likeness (QED) is 0.0629. The predicted molar refractivity (Wildman–Crippen MR) is 189 cm³/mol.